The molecule has 0 aromatic heterocycles. The molecule has 0 aliphatic carbocycles. The number of hydrogen-bond acceptors (Lipinski definition) is 2. The number of carbonyl (C=O) groups excluding carboxylic acids is 2. The maximum Gasteiger partial charge on any atom is 0.227 e. The van der Waals surface area contributed by atoms with Crippen LogP contribution in [0.2, 0.25) is 5.02 Å². The van der Waals surface area contributed by atoms with Crippen molar-refractivity contribution in [3.63, 3.8) is 0 Å². The Labute approximate surface area is 159 Å². The largest absolute Gasteiger partial charge is 0.326 e. The van der Waals surface area contributed by atoms with Gasteiger partial charge in [0.05, 0.1) is 6.54 Å². The van der Waals surface area contributed by atoms with Crippen LogP contribution in [0.5, 0.6) is 0 Å². The van der Waals surface area contributed by atoms with E-state index in [0.29, 0.717) is 30.8 Å². The van der Waals surface area contributed by atoms with E-state index in [1.807, 2.05) is 47.4 Å². The molecule has 1 N–H and O–H groups in total. The van der Waals surface area contributed by atoms with E-state index in [-0.39, 0.29) is 11.8 Å². The summed E-state index contributed by atoms with van der Waals surface area (Å²) in [4.78, 5) is 26.2. The van der Waals surface area contributed by atoms with E-state index in [0.717, 1.165) is 35.3 Å². The van der Waals surface area contributed by atoms with Gasteiger partial charge in [-0.3, -0.25) is 9.59 Å². The molecule has 136 valence electrons. The summed E-state index contributed by atoms with van der Waals surface area (Å²) in [6.45, 7) is 2.59. The summed E-state index contributed by atoms with van der Waals surface area (Å²) >= 11 is 5.94. The molecule has 2 aromatic carbocycles. The van der Waals surface area contributed by atoms with E-state index in [4.69, 9.17) is 11.6 Å². The molecule has 3 rings (SSSR count). The molecular weight excluding hydrogens is 348 g/mol. The third-order valence-electron chi connectivity index (χ3n) is 4.57. The fraction of sp³-hybridized carbons (Fsp3) is 0.333. The highest BCUT2D eigenvalue weighted by Gasteiger charge is 2.24. The maximum atomic E-state index is 12.4. The minimum atomic E-state index is 0.0386. The van der Waals surface area contributed by atoms with E-state index in [1.54, 1.807) is 0 Å². The molecule has 2 amide bonds. The van der Waals surface area contributed by atoms with Gasteiger partial charge in [-0.15, -0.1) is 0 Å². The molecular formula is C21H23ClN2O2. The summed E-state index contributed by atoms with van der Waals surface area (Å²) in [6, 6.07) is 13.3. The van der Waals surface area contributed by atoms with Crippen molar-refractivity contribution in [2.45, 2.75) is 45.6 Å². The smallest absolute Gasteiger partial charge is 0.227 e. The Kier molecular flexibility index (Phi) is 5.94. The number of halogens is 1. The Morgan fingerprint density at radius 2 is 1.92 bits per heavy atom. The molecule has 0 unspecified atom stereocenters. The Morgan fingerprint density at radius 3 is 2.65 bits per heavy atom. The lowest BCUT2D eigenvalue weighted by molar-refractivity contribution is -0.119. The van der Waals surface area contributed by atoms with Crippen molar-refractivity contribution in [1.82, 2.24) is 0 Å². The monoisotopic (exact) mass is 370 g/mol. The van der Waals surface area contributed by atoms with Gasteiger partial charge in [0.25, 0.3) is 0 Å². The van der Waals surface area contributed by atoms with Crippen LogP contribution in [0.15, 0.2) is 42.5 Å². The molecule has 1 aliphatic heterocycles. The first-order chi connectivity index (χ1) is 12.6. The van der Waals surface area contributed by atoms with E-state index in [9.17, 15) is 9.59 Å². The standard InChI is InChI=1S/C21H23ClN2O2/c1-2-3-4-20(25)23-18-10-11-19-16(13-18)7-12-21(26)24(19)14-15-5-8-17(22)9-6-15/h5-6,8-11,13H,2-4,7,12,14H2,1H3,(H,23,25). The molecule has 5 heteroatoms. The summed E-state index contributed by atoms with van der Waals surface area (Å²) in [5.74, 6) is 0.156. The van der Waals surface area contributed by atoms with Crippen LogP contribution in [0.1, 0.15) is 43.7 Å². The number of anilines is 2. The summed E-state index contributed by atoms with van der Waals surface area (Å²) in [5.41, 5.74) is 3.84. The number of fused-ring (bicyclic) bond motifs is 1. The van der Waals surface area contributed by atoms with Gasteiger partial charge >= 0.3 is 0 Å². The van der Waals surface area contributed by atoms with Gasteiger partial charge in [0.15, 0.2) is 0 Å². The lowest BCUT2D eigenvalue weighted by Gasteiger charge is -2.30. The first-order valence-electron chi connectivity index (χ1n) is 9.04. The van der Waals surface area contributed by atoms with Crippen LogP contribution in [-0.2, 0) is 22.6 Å². The fourth-order valence-corrected chi connectivity index (χ4v) is 3.27. The van der Waals surface area contributed by atoms with Crippen molar-refractivity contribution < 1.29 is 9.59 Å². The Morgan fingerprint density at radius 1 is 1.15 bits per heavy atom. The van der Waals surface area contributed by atoms with Gasteiger partial charge in [0.2, 0.25) is 11.8 Å². The molecule has 4 nitrogen and oxygen atoms in total. The third kappa shape index (κ3) is 4.44. The van der Waals surface area contributed by atoms with Crippen molar-refractivity contribution in [2.24, 2.45) is 0 Å². The number of amides is 2. The zero-order valence-corrected chi connectivity index (χ0v) is 15.7. The number of nitrogens with zero attached hydrogens (tertiary/aromatic N) is 1. The summed E-state index contributed by atoms with van der Waals surface area (Å²) in [6.07, 6.45) is 3.60. The maximum absolute atomic E-state index is 12.4. The number of carbonyl (C=O) groups is 2. The van der Waals surface area contributed by atoms with Crippen LogP contribution < -0.4 is 10.2 Å². The summed E-state index contributed by atoms with van der Waals surface area (Å²) < 4.78 is 0. The molecule has 0 saturated heterocycles. The molecule has 26 heavy (non-hydrogen) atoms. The molecule has 0 saturated carbocycles. The van der Waals surface area contributed by atoms with Crippen LogP contribution in [0.3, 0.4) is 0 Å². The lowest BCUT2D eigenvalue weighted by Crippen LogP contribution is -2.34. The van der Waals surface area contributed by atoms with Gasteiger partial charge in [-0.2, -0.15) is 0 Å². The molecule has 0 spiro atoms. The summed E-state index contributed by atoms with van der Waals surface area (Å²) in [7, 11) is 0. The van der Waals surface area contributed by atoms with Crippen molar-refractivity contribution >= 4 is 34.8 Å². The van der Waals surface area contributed by atoms with E-state index in [2.05, 4.69) is 12.2 Å². The first kappa shape index (κ1) is 18.5. The number of hydrogen-bond donors (Lipinski definition) is 1. The molecule has 1 aliphatic rings. The van der Waals surface area contributed by atoms with Gasteiger partial charge in [0, 0.05) is 29.2 Å². The zero-order chi connectivity index (χ0) is 18.5. The quantitative estimate of drug-likeness (QED) is 0.782. The van der Waals surface area contributed by atoms with E-state index >= 15 is 0 Å². The minimum absolute atomic E-state index is 0.0386. The predicted molar refractivity (Wildman–Crippen MR) is 106 cm³/mol. The second kappa shape index (κ2) is 8.37. The van der Waals surface area contributed by atoms with Crippen LogP contribution in [0, 0.1) is 0 Å². The normalized spacial score (nSPS) is 13.5. The molecule has 0 fully saturated rings. The van der Waals surface area contributed by atoms with Gasteiger partial charge < -0.3 is 10.2 Å². The third-order valence-corrected chi connectivity index (χ3v) is 4.83. The second-order valence-corrected chi connectivity index (χ2v) is 7.04. The number of benzene rings is 2. The highest BCUT2D eigenvalue weighted by atomic mass is 35.5. The van der Waals surface area contributed by atoms with Crippen molar-refractivity contribution in [3.05, 3.63) is 58.6 Å². The lowest BCUT2D eigenvalue weighted by atomic mass is 9.99. The molecule has 2 aromatic rings. The predicted octanol–water partition coefficient (Wildman–Crippen LogP) is 4.95. The Balaban J connectivity index is 1.77. The minimum Gasteiger partial charge on any atom is -0.326 e. The number of nitrogens with one attached hydrogen (secondary N) is 1. The Hall–Kier alpha value is -2.33. The average Bonchev–Trinajstić information content (AvgIpc) is 2.64. The number of rotatable bonds is 6. The molecule has 0 bridgehead atoms. The molecule has 1 heterocycles. The van der Waals surface area contributed by atoms with Crippen LogP contribution in [0.25, 0.3) is 0 Å². The van der Waals surface area contributed by atoms with Crippen molar-refractivity contribution in [3.8, 4) is 0 Å². The fourth-order valence-electron chi connectivity index (χ4n) is 3.14. The van der Waals surface area contributed by atoms with Gasteiger partial charge in [-0.25, -0.2) is 0 Å². The second-order valence-electron chi connectivity index (χ2n) is 6.60. The average molecular weight is 371 g/mol. The van der Waals surface area contributed by atoms with Crippen molar-refractivity contribution in [1.29, 1.82) is 0 Å². The number of unbranched alkanes of at least 4 members (excludes halogenated alkanes) is 1. The summed E-state index contributed by atoms with van der Waals surface area (Å²) in [5, 5.41) is 3.63. The molecule has 0 radical (unpaired) electrons. The zero-order valence-electron chi connectivity index (χ0n) is 14.9. The van der Waals surface area contributed by atoms with Gasteiger partial charge in [0.1, 0.15) is 0 Å². The topological polar surface area (TPSA) is 49.4 Å². The first-order valence-corrected chi connectivity index (χ1v) is 9.42. The van der Waals surface area contributed by atoms with Crippen LogP contribution in [0.4, 0.5) is 11.4 Å². The van der Waals surface area contributed by atoms with Gasteiger partial charge in [-0.05, 0) is 54.3 Å². The van der Waals surface area contributed by atoms with Crippen molar-refractivity contribution in [2.75, 3.05) is 10.2 Å². The van der Waals surface area contributed by atoms with E-state index in [1.165, 1.54) is 0 Å². The number of aryl methyl sites for hydroxylation is 1. The van der Waals surface area contributed by atoms with Crippen LogP contribution >= 0.6 is 11.6 Å². The van der Waals surface area contributed by atoms with E-state index < -0.39 is 0 Å². The highest BCUT2D eigenvalue weighted by Crippen LogP contribution is 2.31. The highest BCUT2D eigenvalue weighted by molar-refractivity contribution is 6.30. The Bertz CT molecular complexity index is 802. The molecule has 0 atom stereocenters. The van der Waals surface area contributed by atoms with Crippen LogP contribution in [-0.4, -0.2) is 11.8 Å². The van der Waals surface area contributed by atoms with Gasteiger partial charge in [-0.1, -0.05) is 37.1 Å². The SMILES string of the molecule is CCCCC(=O)Nc1ccc2c(c1)CCC(=O)N2Cc1ccc(Cl)cc1.